The summed E-state index contributed by atoms with van der Waals surface area (Å²) in [4.78, 5) is 0. The van der Waals surface area contributed by atoms with Crippen LogP contribution in [-0.4, -0.2) is 6.04 Å². The van der Waals surface area contributed by atoms with Crippen molar-refractivity contribution in [1.82, 2.24) is 5.32 Å². The SMILES string of the molecule is CCCC(CC)NCc1ccc(Br)c(C)c1. The number of aryl methyl sites for hydroxylation is 1. The summed E-state index contributed by atoms with van der Waals surface area (Å²) in [6.07, 6.45) is 3.74. The summed E-state index contributed by atoms with van der Waals surface area (Å²) in [6.45, 7) is 7.61. The second-order valence-corrected chi connectivity index (χ2v) is 5.21. The largest absolute Gasteiger partial charge is 0.310 e. The average Bonchev–Trinajstić information content (AvgIpc) is 2.28. The summed E-state index contributed by atoms with van der Waals surface area (Å²) < 4.78 is 1.19. The number of benzene rings is 1. The molecule has 0 aromatic heterocycles. The van der Waals surface area contributed by atoms with Crippen LogP contribution in [0, 0.1) is 6.92 Å². The van der Waals surface area contributed by atoms with Gasteiger partial charge in [0, 0.05) is 17.1 Å². The Kier molecular flexibility index (Phi) is 6.07. The van der Waals surface area contributed by atoms with E-state index >= 15 is 0 Å². The summed E-state index contributed by atoms with van der Waals surface area (Å²) in [5.74, 6) is 0. The van der Waals surface area contributed by atoms with E-state index in [0.717, 1.165) is 6.54 Å². The molecule has 0 saturated carbocycles. The van der Waals surface area contributed by atoms with Gasteiger partial charge in [0.05, 0.1) is 0 Å². The van der Waals surface area contributed by atoms with Crippen molar-refractivity contribution >= 4 is 15.9 Å². The van der Waals surface area contributed by atoms with Gasteiger partial charge in [-0.25, -0.2) is 0 Å². The third kappa shape index (κ3) is 4.26. The molecule has 90 valence electrons. The second-order valence-electron chi connectivity index (χ2n) is 4.36. The molecule has 1 aromatic rings. The molecule has 0 aliphatic heterocycles. The van der Waals surface area contributed by atoms with Crippen LogP contribution in [-0.2, 0) is 6.54 Å². The van der Waals surface area contributed by atoms with Gasteiger partial charge < -0.3 is 5.32 Å². The maximum Gasteiger partial charge on any atom is 0.0208 e. The van der Waals surface area contributed by atoms with Crippen molar-refractivity contribution < 1.29 is 0 Å². The average molecular weight is 284 g/mol. The zero-order valence-electron chi connectivity index (χ0n) is 10.5. The number of halogens is 1. The summed E-state index contributed by atoms with van der Waals surface area (Å²) in [6, 6.07) is 7.22. The first-order valence-corrected chi connectivity index (χ1v) is 6.95. The molecule has 1 rings (SSSR count). The van der Waals surface area contributed by atoms with Gasteiger partial charge in [0.1, 0.15) is 0 Å². The van der Waals surface area contributed by atoms with Gasteiger partial charge in [-0.15, -0.1) is 0 Å². The van der Waals surface area contributed by atoms with Gasteiger partial charge in [-0.1, -0.05) is 48.3 Å². The maximum atomic E-state index is 3.62. The highest BCUT2D eigenvalue weighted by molar-refractivity contribution is 9.10. The van der Waals surface area contributed by atoms with Crippen LogP contribution in [0.1, 0.15) is 44.2 Å². The standard InChI is InChI=1S/C14H22BrN/c1-4-6-13(5-2)16-10-12-7-8-14(15)11(3)9-12/h7-9,13,16H,4-6,10H2,1-3H3. The van der Waals surface area contributed by atoms with Crippen LogP contribution in [0.15, 0.2) is 22.7 Å². The fourth-order valence-electron chi connectivity index (χ4n) is 1.88. The van der Waals surface area contributed by atoms with E-state index in [9.17, 15) is 0 Å². The summed E-state index contributed by atoms with van der Waals surface area (Å²) in [5, 5.41) is 3.62. The molecule has 1 unspecified atom stereocenters. The Labute approximate surface area is 108 Å². The summed E-state index contributed by atoms with van der Waals surface area (Å²) >= 11 is 3.53. The zero-order chi connectivity index (χ0) is 12.0. The number of rotatable bonds is 6. The molecule has 0 aliphatic carbocycles. The molecule has 0 heterocycles. The van der Waals surface area contributed by atoms with Crippen molar-refractivity contribution in [2.75, 3.05) is 0 Å². The molecule has 0 aliphatic rings. The third-order valence-electron chi connectivity index (χ3n) is 2.95. The van der Waals surface area contributed by atoms with Gasteiger partial charge in [-0.3, -0.25) is 0 Å². The highest BCUT2D eigenvalue weighted by Gasteiger charge is 2.04. The minimum atomic E-state index is 0.661. The molecule has 1 aromatic carbocycles. The van der Waals surface area contributed by atoms with Crippen molar-refractivity contribution in [3.05, 3.63) is 33.8 Å². The van der Waals surface area contributed by atoms with E-state index in [4.69, 9.17) is 0 Å². The van der Waals surface area contributed by atoms with Gasteiger partial charge in [0.15, 0.2) is 0 Å². The van der Waals surface area contributed by atoms with Crippen molar-refractivity contribution in [2.45, 2.75) is 52.6 Å². The first kappa shape index (κ1) is 13.7. The van der Waals surface area contributed by atoms with Crippen LogP contribution < -0.4 is 5.32 Å². The Balaban J connectivity index is 2.50. The minimum absolute atomic E-state index is 0.661. The summed E-state index contributed by atoms with van der Waals surface area (Å²) in [5.41, 5.74) is 2.68. The molecule has 1 N–H and O–H groups in total. The number of nitrogens with one attached hydrogen (secondary N) is 1. The highest BCUT2D eigenvalue weighted by atomic mass is 79.9. The van der Waals surface area contributed by atoms with Gasteiger partial charge in [-0.05, 0) is 37.0 Å². The Morgan fingerprint density at radius 1 is 1.31 bits per heavy atom. The fourth-order valence-corrected chi connectivity index (χ4v) is 2.12. The van der Waals surface area contributed by atoms with E-state index in [-0.39, 0.29) is 0 Å². The Bertz CT molecular complexity index is 323. The molecule has 1 nitrogen and oxygen atoms in total. The lowest BCUT2D eigenvalue weighted by atomic mass is 10.1. The molecule has 2 heteroatoms. The lowest BCUT2D eigenvalue weighted by Crippen LogP contribution is -2.27. The van der Waals surface area contributed by atoms with Gasteiger partial charge in [0.2, 0.25) is 0 Å². The van der Waals surface area contributed by atoms with Gasteiger partial charge in [0.25, 0.3) is 0 Å². The van der Waals surface area contributed by atoms with Gasteiger partial charge in [-0.2, -0.15) is 0 Å². The van der Waals surface area contributed by atoms with Crippen LogP contribution in [0.25, 0.3) is 0 Å². The quantitative estimate of drug-likeness (QED) is 0.815. The number of hydrogen-bond acceptors (Lipinski definition) is 1. The van der Waals surface area contributed by atoms with Crippen molar-refractivity contribution in [1.29, 1.82) is 0 Å². The monoisotopic (exact) mass is 283 g/mol. The van der Waals surface area contributed by atoms with E-state index in [2.05, 4.69) is 60.2 Å². The lowest BCUT2D eigenvalue weighted by molar-refractivity contribution is 0.462. The Morgan fingerprint density at radius 3 is 2.62 bits per heavy atom. The van der Waals surface area contributed by atoms with E-state index in [1.807, 2.05) is 0 Å². The predicted molar refractivity (Wildman–Crippen MR) is 74.7 cm³/mol. The van der Waals surface area contributed by atoms with Crippen molar-refractivity contribution in [3.8, 4) is 0 Å². The smallest absolute Gasteiger partial charge is 0.0208 e. The molecule has 1 atom stereocenters. The first-order valence-electron chi connectivity index (χ1n) is 6.15. The summed E-state index contributed by atoms with van der Waals surface area (Å²) in [7, 11) is 0. The van der Waals surface area contributed by atoms with Crippen LogP contribution in [0.2, 0.25) is 0 Å². The Morgan fingerprint density at radius 2 is 2.06 bits per heavy atom. The molecule has 0 radical (unpaired) electrons. The lowest BCUT2D eigenvalue weighted by Gasteiger charge is -2.16. The molecule has 0 fully saturated rings. The molecular formula is C14H22BrN. The van der Waals surface area contributed by atoms with Gasteiger partial charge >= 0.3 is 0 Å². The topological polar surface area (TPSA) is 12.0 Å². The van der Waals surface area contributed by atoms with E-state index in [1.165, 1.54) is 34.9 Å². The molecule has 16 heavy (non-hydrogen) atoms. The highest BCUT2D eigenvalue weighted by Crippen LogP contribution is 2.17. The zero-order valence-corrected chi connectivity index (χ0v) is 12.1. The van der Waals surface area contributed by atoms with Crippen LogP contribution in [0.3, 0.4) is 0 Å². The maximum absolute atomic E-state index is 3.62. The predicted octanol–water partition coefficient (Wildman–Crippen LogP) is 4.43. The molecule has 0 spiro atoms. The molecule has 0 bridgehead atoms. The minimum Gasteiger partial charge on any atom is -0.310 e. The third-order valence-corrected chi connectivity index (χ3v) is 3.84. The van der Waals surface area contributed by atoms with Crippen LogP contribution >= 0.6 is 15.9 Å². The van der Waals surface area contributed by atoms with E-state index in [0.29, 0.717) is 6.04 Å². The van der Waals surface area contributed by atoms with Crippen LogP contribution in [0.5, 0.6) is 0 Å². The normalized spacial score (nSPS) is 12.8. The molecule has 0 saturated heterocycles. The van der Waals surface area contributed by atoms with Crippen LogP contribution in [0.4, 0.5) is 0 Å². The Hall–Kier alpha value is -0.340. The van der Waals surface area contributed by atoms with Crippen molar-refractivity contribution in [2.24, 2.45) is 0 Å². The second kappa shape index (κ2) is 7.08. The van der Waals surface area contributed by atoms with Crippen molar-refractivity contribution in [3.63, 3.8) is 0 Å². The van der Waals surface area contributed by atoms with E-state index in [1.54, 1.807) is 0 Å². The number of hydrogen-bond donors (Lipinski definition) is 1. The molecular weight excluding hydrogens is 262 g/mol. The van der Waals surface area contributed by atoms with E-state index < -0.39 is 0 Å². The molecule has 0 amide bonds. The first-order chi connectivity index (χ1) is 7.67. The fraction of sp³-hybridized carbons (Fsp3) is 0.571.